The minimum absolute atomic E-state index is 1.23. The predicted molar refractivity (Wildman–Crippen MR) is 96.1 cm³/mol. The molecule has 0 aliphatic carbocycles. The molecule has 0 fully saturated rings. The van der Waals surface area contributed by atoms with Crippen LogP contribution in [0.25, 0.3) is 17.1 Å². The van der Waals surface area contributed by atoms with Gasteiger partial charge in [-0.2, -0.15) is 4.57 Å². The first-order chi connectivity index (χ1) is 10.9. The van der Waals surface area contributed by atoms with Gasteiger partial charge in [-0.25, -0.2) is 0 Å². The lowest BCUT2D eigenvalue weighted by Crippen LogP contribution is -2.31. The first-order valence-corrected chi connectivity index (χ1v) is 8.11. The summed E-state index contributed by atoms with van der Waals surface area (Å²) in [5, 5.41) is 0. The Morgan fingerprint density at radius 1 is 0.783 bits per heavy atom. The van der Waals surface area contributed by atoms with E-state index in [1.807, 2.05) is 0 Å². The molecule has 118 valence electrons. The molecule has 1 aromatic carbocycles. The van der Waals surface area contributed by atoms with Crippen molar-refractivity contribution >= 4 is 0 Å². The molecule has 2 heterocycles. The molecular formula is C21H25N2+. The van der Waals surface area contributed by atoms with Crippen LogP contribution in [0, 0.1) is 34.6 Å². The molecule has 0 spiro atoms. The zero-order chi connectivity index (χ0) is 16.7. The number of aromatic nitrogens is 2. The highest BCUT2D eigenvalue weighted by Crippen LogP contribution is 2.29. The van der Waals surface area contributed by atoms with Crippen LogP contribution in [0.5, 0.6) is 0 Å². The summed E-state index contributed by atoms with van der Waals surface area (Å²) in [6.45, 7) is 10.9. The highest BCUT2D eigenvalue weighted by atomic mass is 15.0. The maximum absolute atomic E-state index is 2.34. The van der Waals surface area contributed by atoms with E-state index in [1.165, 1.54) is 44.9 Å². The van der Waals surface area contributed by atoms with Gasteiger partial charge in [0, 0.05) is 17.8 Å². The highest BCUT2D eigenvalue weighted by Gasteiger charge is 2.19. The van der Waals surface area contributed by atoms with Crippen molar-refractivity contribution in [1.29, 1.82) is 0 Å². The van der Waals surface area contributed by atoms with Crippen LogP contribution in [-0.2, 0) is 7.05 Å². The van der Waals surface area contributed by atoms with Gasteiger partial charge in [0.25, 0.3) is 0 Å². The van der Waals surface area contributed by atoms with Crippen molar-refractivity contribution in [2.45, 2.75) is 34.6 Å². The Kier molecular flexibility index (Phi) is 3.85. The normalized spacial score (nSPS) is 11.0. The van der Waals surface area contributed by atoms with Gasteiger partial charge in [-0.3, -0.25) is 0 Å². The van der Waals surface area contributed by atoms with Gasteiger partial charge in [0.2, 0.25) is 5.69 Å². The first kappa shape index (κ1) is 15.5. The smallest absolute Gasteiger partial charge is 0.229 e. The Hall–Kier alpha value is -2.35. The Morgan fingerprint density at radius 3 is 2.04 bits per heavy atom. The van der Waals surface area contributed by atoms with Crippen LogP contribution in [0.15, 0.2) is 42.7 Å². The van der Waals surface area contributed by atoms with E-state index >= 15 is 0 Å². The zero-order valence-electron chi connectivity index (χ0n) is 14.9. The van der Waals surface area contributed by atoms with E-state index in [1.54, 1.807) is 0 Å². The summed E-state index contributed by atoms with van der Waals surface area (Å²) >= 11 is 0. The summed E-state index contributed by atoms with van der Waals surface area (Å²) in [5.41, 5.74) is 10.3. The monoisotopic (exact) mass is 305 g/mol. The lowest BCUT2D eigenvalue weighted by atomic mass is 10.0. The van der Waals surface area contributed by atoms with E-state index in [4.69, 9.17) is 0 Å². The van der Waals surface area contributed by atoms with Gasteiger partial charge >= 0.3 is 0 Å². The number of benzene rings is 1. The summed E-state index contributed by atoms with van der Waals surface area (Å²) < 4.78 is 4.55. The van der Waals surface area contributed by atoms with Crippen molar-refractivity contribution in [2.75, 3.05) is 0 Å². The van der Waals surface area contributed by atoms with Gasteiger partial charge in [0.1, 0.15) is 12.7 Å². The highest BCUT2D eigenvalue weighted by molar-refractivity contribution is 5.64. The first-order valence-electron chi connectivity index (χ1n) is 8.11. The second-order valence-electron chi connectivity index (χ2n) is 6.67. The minimum Gasteiger partial charge on any atom is -0.311 e. The van der Waals surface area contributed by atoms with Crippen LogP contribution in [0.1, 0.15) is 27.8 Å². The summed E-state index contributed by atoms with van der Waals surface area (Å²) in [6, 6.07) is 11.1. The average Bonchev–Trinajstić information content (AvgIpc) is 2.80. The van der Waals surface area contributed by atoms with E-state index < -0.39 is 0 Å². The van der Waals surface area contributed by atoms with Crippen LogP contribution in [0.4, 0.5) is 0 Å². The largest absolute Gasteiger partial charge is 0.311 e. The van der Waals surface area contributed by atoms with E-state index in [2.05, 4.69) is 93.5 Å². The Balaban J connectivity index is 2.29. The molecule has 0 aliphatic rings. The van der Waals surface area contributed by atoms with Crippen LogP contribution in [0.3, 0.4) is 0 Å². The van der Waals surface area contributed by atoms with E-state index in [0.717, 1.165) is 0 Å². The predicted octanol–water partition coefficient (Wildman–Crippen LogP) is 4.51. The third kappa shape index (κ3) is 2.70. The topological polar surface area (TPSA) is 8.81 Å². The lowest BCUT2D eigenvalue weighted by molar-refractivity contribution is -0.660. The quantitative estimate of drug-likeness (QED) is 0.616. The van der Waals surface area contributed by atoms with Crippen LogP contribution in [0.2, 0.25) is 0 Å². The molecule has 0 saturated carbocycles. The molecule has 0 saturated heterocycles. The Bertz CT molecular complexity index is 862. The lowest BCUT2D eigenvalue weighted by Gasteiger charge is -2.16. The number of pyridine rings is 1. The van der Waals surface area contributed by atoms with Gasteiger partial charge in [-0.1, -0.05) is 17.7 Å². The molecule has 23 heavy (non-hydrogen) atoms. The molecule has 3 aromatic rings. The second-order valence-corrected chi connectivity index (χ2v) is 6.67. The standard InChI is InChI=1S/C21H25N2/c1-14-7-8-19(22(6)13-14)21-16(3)9-10-23(21)20-17(4)11-15(2)12-18(20)5/h7-13H,1-6H3/q+1. The minimum atomic E-state index is 1.23. The molecule has 2 aromatic heterocycles. The summed E-state index contributed by atoms with van der Waals surface area (Å²) in [7, 11) is 2.12. The van der Waals surface area contributed by atoms with Crippen LogP contribution < -0.4 is 4.57 Å². The zero-order valence-corrected chi connectivity index (χ0v) is 14.9. The van der Waals surface area contributed by atoms with Gasteiger partial charge < -0.3 is 4.57 Å². The van der Waals surface area contributed by atoms with Crippen LogP contribution in [-0.4, -0.2) is 4.57 Å². The molecule has 0 unspecified atom stereocenters. The maximum Gasteiger partial charge on any atom is 0.229 e. The Labute approximate surface area is 139 Å². The summed E-state index contributed by atoms with van der Waals surface area (Å²) in [6.07, 6.45) is 4.37. The average molecular weight is 305 g/mol. The number of hydrogen-bond acceptors (Lipinski definition) is 0. The van der Waals surface area contributed by atoms with E-state index in [0.29, 0.717) is 0 Å². The van der Waals surface area contributed by atoms with Crippen molar-refractivity contribution in [3.63, 3.8) is 0 Å². The fraction of sp³-hybridized carbons (Fsp3) is 0.286. The molecule has 2 heteroatoms. The number of rotatable bonds is 2. The van der Waals surface area contributed by atoms with E-state index in [9.17, 15) is 0 Å². The van der Waals surface area contributed by atoms with Crippen LogP contribution >= 0.6 is 0 Å². The summed E-state index contributed by atoms with van der Waals surface area (Å²) in [4.78, 5) is 0. The molecule has 0 N–H and O–H groups in total. The molecule has 2 nitrogen and oxygen atoms in total. The fourth-order valence-electron chi connectivity index (χ4n) is 3.59. The molecule has 0 atom stereocenters. The van der Waals surface area contributed by atoms with Gasteiger partial charge in [-0.05, 0) is 63.4 Å². The van der Waals surface area contributed by atoms with Gasteiger partial charge in [-0.15, -0.1) is 0 Å². The number of nitrogens with zero attached hydrogens (tertiary/aromatic N) is 2. The van der Waals surface area contributed by atoms with Crippen molar-refractivity contribution in [1.82, 2.24) is 4.57 Å². The third-order valence-electron chi connectivity index (χ3n) is 4.49. The van der Waals surface area contributed by atoms with Crippen molar-refractivity contribution in [2.24, 2.45) is 7.05 Å². The van der Waals surface area contributed by atoms with Crippen molar-refractivity contribution < 1.29 is 4.57 Å². The Morgan fingerprint density at radius 2 is 1.43 bits per heavy atom. The number of aryl methyl sites for hydroxylation is 6. The molecule has 0 amide bonds. The maximum atomic E-state index is 2.34. The molecule has 0 radical (unpaired) electrons. The molecule has 0 bridgehead atoms. The molecular weight excluding hydrogens is 280 g/mol. The third-order valence-corrected chi connectivity index (χ3v) is 4.49. The fourth-order valence-corrected chi connectivity index (χ4v) is 3.59. The molecule has 0 aliphatic heterocycles. The molecule has 3 rings (SSSR count). The number of hydrogen-bond donors (Lipinski definition) is 0. The summed E-state index contributed by atoms with van der Waals surface area (Å²) in [5.74, 6) is 0. The second kappa shape index (κ2) is 5.69. The van der Waals surface area contributed by atoms with Crippen molar-refractivity contribution in [3.8, 4) is 17.1 Å². The van der Waals surface area contributed by atoms with Gasteiger partial charge in [0.15, 0.2) is 6.20 Å². The van der Waals surface area contributed by atoms with Gasteiger partial charge in [0.05, 0.1) is 5.69 Å². The van der Waals surface area contributed by atoms with E-state index in [-0.39, 0.29) is 0 Å². The van der Waals surface area contributed by atoms with Crippen molar-refractivity contribution in [3.05, 3.63) is 70.5 Å². The SMILES string of the molecule is Cc1cc(C)c(-n2ccc(C)c2-c2ccc(C)c[n+]2C)c(C)c1.